The number of nitrogens with zero attached hydrogens (tertiary/aromatic N) is 1. The molecule has 0 aliphatic carbocycles. The molecule has 0 bridgehead atoms. The highest BCUT2D eigenvalue weighted by atomic mass is 16.5. The number of hydrogen-bond donors (Lipinski definition) is 1. The first kappa shape index (κ1) is 12.8. The van der Waals surface area contributed by atoms with Gasteiger partial charge in [0, 0.05) is 39.2 Å². The topological polar surface area (TPSA) is 50.8 Å². The van der Waals surface area contributed by atoms with Gasteiger partial charge in [0.2, 0.25) is 5.91 Å². The van der Waals surface area contributed by atoms with Crippen LogP contribution < -0.4 is 5.32 Å². The quantitative estimate of drug-likeness (QED) is 0.745. The fourth-order valence-electron chi connectivity index (χ4n) is 2.51. The number of ether oxygens (including phenoxy) is 2. The molecule has 5 nitrogen and oxygen atoms in total. The van der Waals surface area contributed by atoms with Crippen molar-refractivity contribution >= 4 is 5.91 Å². The van der Waals surface area contributed by atoms with Crippen LogP contribution in [0.1, 0.15) is 12.8 Å². The van der Waals surface area contributed by atoms with Crippen LogP contribution in [0.3, 0.4) is 0 Å². The number of hydrogen-bond acceptors (Lipinski definition) is 4. The highest BCUT2D eigenvalue weighted by molar-refractivity contribution is 5.77. The number of likely N-dealkylation sites (tertiary alicyclic amines) is 1. The molecule has 2 heterocycles. The lowest BCUT2D eigenvalue weighted by molar-refractivity contribution is -0.133. The molecule has 2 aliphatic heterocycles. The standard InChI is InChI=1S/C12H22N2O3/c1-16-9-10-2-4-14(8-10)12(15)6-11-7-13-3-5-17-11/h10-11,13H,2-9H2,1H3. The molecule has 2 aliphatic rings. The third-order valence-electron chi connectivity index (χ3n) is 3.45. The average Bonchev–Trinajstić information content (AvgIpc) is 2.79. The van der Waals surface area contributed by atoms with E-state index in [1.165, 1.54) is 0 Å². The Morgan fingerprint density at radius 1 is 1.59 bits per heavy atom. The number of carbonyl (C=O) groups is 1. The van der Waals surface area contributed by atoms with E-state index in [1.807, 2.05) is 4.90 Å². The highest BCUT2D eigenvalue weighted by Gasteiger charge is 2.28. The van der Waals surface area contributed by atoms with E-state index in [9.17, 15) is 4.79 Å². The second kappa shape index (κ2) is 6.33. The van der Waals surface area contributed by atoms with Gasteiger partial charge in [0.05, 0.1) is 25.7 Å². The van der Waals surface area contributed by atoms with Gasteiger partial charge in [0.25, 0.3) is 0 Å². The van der Waals surface area contributed by atoms with Gasteiger partial charge in [-0.3, -0.25) is 4.79 Å². The minimum Gasteiger partial charge on any atom is -0.384 e. The van der Waals surface area contributed by atoms with Crippen LogP contribution >= 0.6 is 0 Å². The molecular formula is C12H22N2O3. The molecule has 0 aromatic carbocycles. The Morgan fingerprint density at radius 3 is 3.18 bits per heavy atom. The van der Waals surface area contributed by atoms with Crippen molar-refractivity contribution in [3.8, 4) is 0 Å². The van der Waals surface area contributed by atoms with Gasteiger partial charge in [0.1, 0.15) is 0 Å². The van der Waals surface area contributed by atoms with Crippen molar-refractivity contribution in [1.82, 2.24) is 10.2 Å². The SMILES string of the molecule is COCC1CCN(C(=O)CC2CNCCO2)C1. The highest BCUT2D eigenvalue weighted by Crippen LogP contribution is 2.18. The van der Waals surface area contributed by atoms with Crippen molar-refractivity contribution < 1.29 is 14.3 Å². The Morgan fingerprint density at radius 2 is 2.47 bits per heavy atom. The van der Waals surface area contributed by atoms with Crippen LogP contribution in [0.4, 0.5) is 0 Å². The Hall–Kier alpha value is -0.650. The zero-order valence-corrected chi connectivity index (χ0v) is 10.5. The molecule has 0 spiro atoms. The molecule has 0 radical (unpaired) electrons. The van der Waals surface area contributed by atoms with Gasteiger partial charge in [-0.05, 0) is 6.42 Å². The maximum atomic E-state index is 12.0. The van der Waals surface area contributed by atoms with E-state index in [1.54, 1.807) is 7.11 Å². The summed E-state index contributed by atoms with van der Waals surface area (Å²) in [6.45, 7) is 4.86. The van der Waals surface area contributed by atoms with Crippen molar-refractivity contribution in [3.05, 3.63) is 0 Å². The molecule has 17 heavy (non-hydrogen) atoms. The van der Waals surface area contributed by atoms with Crippen LogP contribution in [0.15, 0.2) is 0 Å². The monoisotopic (exact) mass is 242 g/mol. The average molecular weight is 242 g/mol. The second-order valence-electron chi connectivity index (χ2n) is 4.85. The maximum absolute atomic E-state index is 12.0. The number of amides is 1. The molecule has 1 amide bonds. The molecule has 1 N–H and O–H groups in total. The lowest BCUT2D eigenvalue weighted by Crippen LogP contribution is -2.42. The van der Waals surface area contributed by atoms with Crippen LogP contribution in [-0.4, -0.2) is 63.4 Å². The van der Waals surface area contributed by atoms with E-state index in [-0.39, 0.29) is 12.0 Å². The summed E-state index contributed by atoms with van der Waals surface area (Å²) in [4.78, 5) is 14.0. The first-order chi connectivity index (χ1) is 8.29. The van der Waals surface area contributed by atoms with Crippen LogP contribution in [0, 0.1) is 5.92 Å². The predicted molar refractivity (Wildman–Crippen MR) is 63.8 cm³/mol. The number of methoxy groups -OCH3 is 1. The van der Waals surface area contributed by atoms with Crippen molar-refractivity contribution in [1.29, 1.82) is 0 Å². The van der Waals surface area contributed by atoms with Crippen LogP contribution in [0.5, 0.6) is 0 Å². The van der Waals surface area contributed by atoms with E-state index in [2.05, 4.69) is 5.32 Å². The van der Waals surface area contributed by atoms with Gasteiger partial charge < -0.3 is 19.7 Å². The molecule has 98 valence electrons. The third-order valence-corrected chi connectivity index (χ3v) is 3.45. The largest absolute Gasteiger partial charge is 0.384 e. The lowest BCUT2D eigenvalue weighted by atomic mass is 10.1. The number of morpholine rings is 1. The van der Waals surface area contributed by atoms with Crippen molar-refractivity contribution in [2.24, 2.45) is 5.92 Å². The minimum atomic E-state index is 0.0534. The van der Waals surface area contributed by atoms with Crippen molar-refractivity contribution in [2.45, 2.75) is 18.9 Å². The minimum absolute atomic E-state index is 0.0534. The normalized spacial score (nSPS) is 29.6. The van der Waals surface area contributed by atoms with Gasteiger partial charge in [0.15, 0.2) is 0 Å². The number of nitrogens with one attached hydrogen (secondary N) is 1. The molecule has 0 saturated carbocycles. The summed E-state index contributed by atoms with van der Waals surface area (Å²) in [6, 6.07) is 0. The smallest absolute Gasteiger partial charge is 0.225 e. The zero-order valence-electron chi connectivity index (χ0n) is 10.5. The van der Waals surface area contributed by atoms with Crippen molar-refractivity contribution in [3.63, 3.8) is 0 Å². The Bertz CT molecular complexity index is 254. The lowest BCUT2D eigenvalue weighted by Gasteiger charge is -2.25. The van der Waals surface area contributed by atoms with Gasteiger partial charge in [-0.25, -0.2) is 0 Å². The molecule has 2 rings (SSSR count). The van der Waals surface area contributed by atoms with Crippen LogP contribution in [0.2, 0.25) is 0 Å². The van der Waals surface area contributed by atoms with Gasteiger partial charge >= 0.3 is 0 Å². The third kappa shape index (κ3) is 3.66. The number of carbonyl (C=O) groups excluding carboxylic acids is 1. The molecule has 0 aromatic rings. The molecule has 2 unspecified atom stereocenters. The predicted octanol–water partition coefficient (Wildman–Crippen LogP) is -0.140. The summed E-state index contributed by atoms with van der Waals surface area (Å²) in [5, 5.41) is 3.24. The van der Waals surface area contributed by atoms with E-state index < -0.39 is 0 Å². The van der Waals surface area contributed by atoms with E-state index in [4.69, 9.17) is 9.47 Å². The molecular weight excluding hydrogens is 220 g/mol. The van der Waals surface area contributed by atoms with Crippen LogP contribution in [0.25, 0.3) is 0 Å². The molecule has 0 aromatic heterocycles. The van der Waals surface area contributed by atoms with E-state index >= 15 is 0 Å². The summed E-state index contributed by atoms with van der Waals surface area (Å²) in [7, 11) is 1.71. The van der Waals surface area contributed by atoms with Crippen LogP contribution in [-0.2, 0) is 14.3 Å². The fourth-order valence-corrected chi connectivity index (χ4v) is 2.51. The molecule has 2 saturated heterocycles. The summed E-state index contributed by atoms with van der Waals surface area (Å²) < 4.78 is 10.7. The Labute approximate surface area is 102 Å². The Kier molecular flexibility index (Phi) is 4.76. The van der Waals surface area contributed by atoms with E-state index in [0.29, 0.717) is 18.9 Å². The number of rotatable bonds is 4. The fraction of sp³-hybridized carbons (Fsp3) is 0.917. The van der Waals surface area contributed by atoms with E-state index in [0.717, 1.165) is 39.2 Å². The van der Waals surface area contributed by atoms with Gasteiger partial charge in [-0.1, -0.05) is 0 Å². The Balaban J connectivity index is 1.72. The van der Waals surface area contributed by atoms with Gasteiger partial charge in [-0.2, -0.15) is 0 Å². The first-order valence-electron chi connectivity index (χ1n) is 6.38. The second-order valence-corrected chi connectivity index (χ2v) is 4.85. The molecule has 5 heteroatoms. The molecule has 2 atom stereocenters. The first-order valence-corrected chi connectivity index (χ1v) is 6.38. The van der Waals surface area contributed by atoms with Crippen molar-refractivity contribution in [2.75, 3.05) is 46.5 Å². The summed E-state index contributed by atoms with van der Waals surface area (Å²) >= 11 is 0. The summed E-state index contributed by atoms with van der Waals surface area (Å²) in [6.07, 6.45) is 1.62. The maximum Gasteiger partial charge on any atom is 0.225 e. The van der Waals surface area contributed by atoms with Gasteiger partial charge in [-0.15, -0.1) is 0 Å². The summed E-state index contributed by atoms with van der Waals surface area (Å²) in [5.74, 6) is 0.728. The molecule has 2 fully saturated rings. The summed E-state index contributed by atoms with van der Waals surface area (Å²) in [5.41, 5.74) is 0. The zero-order chi connectivity index (χ0) is 12.1.